The molecule has 1 fully saturated rings. The van der Waals surface area contributed by atoms with E-state index in [-0.39, 0.29) is 12.5 Å². The number of carbonyl (C=O) groups is 1. The first-order valence-electron chi connectivity index (χ1n) is 4.18. The zero-order valence-corrected chi connectivity index (χ0v) is 8.63. The van der Waals surface area contributed by atoms with Gasteiger partial charge in [0.1, 0.15) is 12.0 Å². The summed E-state index contributed by atoms with van der Waals surface area (Å²) in [6, 6.07) is 0. The number of ether oxygens (including phenoxy) is 1. The van der Waals surface area contributed by atoms with E-state index in [9.17, 15) is 13.6 Å². The fraction of sp³-hybridized carbons (Fsp3) is 0.857. The maximum atomic E-state index is 12.7. The summed E-state index contributed by atoms with van der Waals surface area (Å²) >= 11 is -0.620. The molecule has 2 atom stereocenters. The number of hydrogen-bond donors (Lipinski definition) is 1. The second-order valence-corrected chi connectivity index (χ2v) is 4.13. The van der Waals surface area contributed by atoms with E-state index in [0.29, 0.717) is 5.92 Å². The molecule has 0 spiro atoms. The molecule has 88 valence electrons. The lowest BCUT2D eigenvalue weighted by molar-refractivity contribution is -0.433. The van der Waals surface area contributed by atoms with Crippen molar-refractivity contribution in [2.24, 2.45) is 11.8 Å². The number of alkyl halides is 2. The van der Waals surface area contributed by atoms with Gasteiger partial charge in [0.25, 0.3) is 0 Å². The molecule has 1 saturated carbocycles. The number of halogens is 2. The van der Waals surface area contributed by atoms with Gasteiger partial charge in [0.15, 0.2) is 0 Å². The second-order valence-electron chi connectivity index (χ2n) is 3.31. The summed E-state index contributed by atoms with van der Waals surface area (Å²) in [7, 11) is 0. The molecule has 0 aliphatic heterocycles. The Balaban J connectivity index is 2.24. The van der Waals surface area contributed by atoms with Crippen LogP contribution in [-0.2, 0) is 18.9 Å². The molecule has 2 unspecified atom stereocenters. The summed E-state index contributed by atoms with van der Waals surface area (Å²) in [5, 5.41) is 6.72. The highest BCUT2D eigenvalue weighted by molar-refractivity contribution is 7.96. The SMILES string of the molecule is CC1CC1COC(=O)C(F)(F)SOOO. The molecule has 1 N–H and O–H groups in total. The number of hydrogen-bond acceptors (Lipinski definition) is 6. The summed E-state index contributed by atoms with van der Waals surface area (Å²) in [6.45, 7) is 1.92. The second kappa shape index (κ2) is 5.06. The molecule has 5 nitrogen and oxygen atoms in total. The molecule has 0 aromatic rings. The van der Waals surface area contributed by atoms with Crippen LogP contribution < -0.4 is 0 Å². The first kappa shape index (κ1) is 12.6. The average Bonchev–Trinajstić information content (AvgIpc) is 2.88. The largest absolute Gasteiger partial charge is 0.460 e. The van der Waals surface area contributed by atoms with Crippen molar-refractivity contribution in [2.75, 3.05) is 6.61 Å². The van der Waals surface area contributed by atoms with Gasteiger partial charge >= 0.3 is 11.2 Å². The summed E-state index contributed by atoms with van der Waals surface area (Å²) in [5.74, 6) is -1.12. The van der Waals surface area contributed by atoms with Crippen molar-refractivity contribution in [1.82, 2.24) is 0 Å². The predicted molar refractivity (Wildman–Crippen MR) is 45.6 cm³/mol. The van der Waals surface area contributed by atoms with Crippen molar-refractivity contribution in [1.29, 1.82) is 0 Å². The summed E-state index contributed by atoms with van der Waals surface area (Å²) in [5.41, 5.74) is 0. The topological polar surface area (TPSA) is 65.0 Å². The van der Waals surface area contributed by atoms with Crippen LogP contribution in [0.25, 0.3) is 0 Å². The third kappa shape index (κ3) is 3.90. The van der Waals surface area contributed by atoms with Gasteiger partial charge in [-0.3, -0.25) is 0 Å². The Hall–Kier alpha value is -0.440. The van der Waals surface area contributed by atoms with Gasteiger partial charge in [-0.1, -0.05) is 12.0 Å². The Kier molecular flexibility index (Phi) is 4.26. The number of carbonyl (C=O) groups excluding carboxylic acids is 1. The Morgan fingerprint density at radius 1 is 1.67 bits per heavy atom. The van der Waals surface area contributed by atoms with Crippen molar-refractivity contribution < 1.29 is 32.9 Å². The molecule has 0 bridgehead atoms. The van der Waals surface area contributed by atoms with Gasteiger partial charge in [-0.2, -0.15) is 8.78 Å². The molecule has 0 heterocycles. The van der Waals surface area contributed by atoms with Crippen LogP contribution in [0.4, 0.5) is 8.78 Å². The van der Waals surface area contributed by atoms with E-state index in [0.717, 1.165) is 6.42 Å². The molecular weight excluding hydrogens is 234 g/mol. The minimum absolute atomic E-state index is 0.0177. The van der Waals surface area contributed by atoms with Gasteiger partial charge in [0.2, 0.25) is 0 Å². The Labute approximate surface area is 88.7 Å². The van der Waals surface area contributed by atoms with Gasteiger partial charge in [0, 0.05) is 0 Å². The van der Waals surface area contributed by atoms with Crippen molar-refractivity contribution in [2.45, 2.75) is 18.6 Å². The minimum Gasteiger partial charge on any atom is -0.460 e. The van der Waals surface area contributed by atoms with Crippen LogP contribution in [0.3, 0.4) is 0 Å². The van der Waals surface area contributed by atoms with E-state index in [1.807, 2.05) is 6.92 Å². The molecular formula is C7H10F2O5S. The highest BCUT2D eigenvalue weighted by Crippen LogP contribution is 2.38. The molecule has 0 radical (unpaired) electrons. The first-order valence-corrected chi connectivity index (χ1v) is 4.92. The van der Waals surface area contributed by atoms with Gasteiger partial charge in [-0.15, -0.1) is 4.33 Å². The summed E-state index contributed by atoms with van der Waals surface area (Å²) < 4.78 is 33.3. The quantitative estimate of drug-likeness (QED) is 0.333. The van der Waals surface area contributed by atoms with Gasteiger partial charge in [-0.25, -0.2) is 10.1 Å². The normalized spacial score (nSPS) is 25.1. The van der Waals surface area contributed by atoms with E-state index in [2.05, 4.69) is 14.1 Å². The lowest BCUT2D eigenvalue weighted by Gasteiger charge is -2.11. The lowest BCUT2D eigenvalue weighted by atomic mass is 10.4. The maximum Gasteiger partial charge on any atom is 0.415 e. The molecule has 8 heteroatoms. The number of rotatable bonds is 6. The number of esters is 1. The van der Waals surface area contributed by atoms with E-state index < -0.39 is 23.3 Å². The van der Waals surface area contributed by atoms with E-state index >= 15 is 0 Å². The van der Waals surface area contributed by atoms with Crippen LogP contribution in [0.1, 0.15) is 13.3 Å². The smallest absolute Gasteiger partial charge is 0.415 e. The molecule has 1 aliphatic rings. The van der Waals surface area contributed by atoms with E-state index in [1.165, 1.54) is 0 Å². The molecule has 0 saturated heterocycles. The predicted octanol–water partition coefficient (Wildman–Crippen LogP) is 1.85. The third-order valence-corrected chi connectivity index (χ3v) is 2.62. The first-order chi connectivity index (χ1) is 6.97. The van der Waals surface area contributed by atoms with Crippen molar-refractivity contribution >= 4 is 18.0 Å². The maximum absolute atomic E-state index is 12.7. The van der Waals surface area contributed by atoms with Crippen LogP contribution in [0.2, 0.25) is 0 Å². The molecule has 1 rings (SSSR count). The van der Waals surface area contributed by atoms with Crippen LogP contribution in [0, 0.1) is 11.8 Å². The fourth-order valence-corrected chi connectivity index (χ4v) is 1.23. The standard InChI is InChI=1S/C7H10F2O5S/c1-4-2-5(4)3-12-6(10)7(8,9)15-14-13-11/h4-5,11H,2-3H2,1H3. The van der Waals surface area contributed by atoms with E-state index in [4.69, 9.17) is 5.26 Å². The minimum atomic E-state index is -3.89. The fourth-order valence-electron chi connectivity index (χ4n) is 0.990. The molecule has 0 amide bonds. The molecule has 0 aromatic heterocycles. The summed E-state index contributed by atoms with van der Waals surface area (Å²) in [4.78, 5) is 10.8. The molecule has 15 heavy (non-hydrogen) atoms. The van der Waals surface area contributed by atoms with Gasteiger partial charge in [0.05, 0.1) is 6.61 Å². The Bertz CT molecular complexity index is 237. The van der Waals surface area contributed by atoms with Crippen LogP contribution in [0.5, 0.6) is 0 Å². The van der Waals surface area contributed by atoms with Gasteiger partial charge < -0.3 is 4.74 Å². The van der Waals surface area contributed by atoms with Crippen molar-refractivity contribution in [3.63, 3.8) is 0 Å². The zero-order chi connectivity index (χ0) is 11.5. The van der Waals surface area contributed by atoms with Crippen molar-refractivity contribution in [3.8, 4) is 0 Å². The third-order valence-electron chi connectivity index (χ3n) is 2.11. The lowest BCUT2D eigenvalue weighted by Crippen LogP contribution is -2.28. The molecule has 0 aromatic carbocycles. The zero-order valence-electron chi connectivity index (χ0n) is 7.81. The van der Waals surface area contributed by atoms with Gasteiger partial charge in [-0.05, 0) is 18.3 Å². The van der Waals surface area contributed by atoms with Crippen LogP contribution >= 0.6 is 12.0 Å². The van der Waals surface area contributed by atoms with Crippen LogP contribution in [0.15, 0.2) is 0 Å². The molecule has 1 aliphatic carbocycles. The summed E-state index contributed by atoms with van der Waals surface area (Å²) in [6.07, 6.45) is 0.877. The monoisotopic (exact) mass is 244 g/mol. The van der Waals surface area contributed by atoms with Crippen LogP contribution in [-0.4, -0.2) is 23.1 Å². The Morgan fingerprint density at radius 2 is 2.27 bits per heavy atom. The Morgan fingerprint density at radius 3 is 2.73 bits per heavy atom. The van der Waals surface area contributed by atoms with Crippen molar-refractivity contribution in [3.05, 3.63) is 0 Å². The highest BCUT2D eigenvalue weighted by atomic mass is 32.2. The average molecular weight is 244 g/mol. The van der Waals surface area contributed by atoms with E-state index in [1.54, 1.807) is 0 Å². The highest BCUT2D eigenvalue weighted by Gasteiger charge is 2.45.